The van der Waals surface area contributed by atoms with Gasteiger partial charge in [-0.15, -0.1) is 0 Å². The van der Waals surface area contributed by atoms with Gasteiger partial charge >= 0.3 is 0 Å². The molecule has 0 bridgehead atoms. The minimum absolute atomic E-state index is 0.217. The van der Waals surface area contributed by atoms with E-state index in [1.807, 2.05) is 18.2 Å². The number of rotatable bonds is 3. The third-order valence-electron chi connectivity index (χ3n) is 4.07. The van der Waals surface area contributed by atoms with Crippen LogP contribution in [0.1, 0.15) is 50.5 Å². The molecule has 3 unspecified atom stereocenters. The largest absolute Gasteiger partial charge is 0.327 e. The summed E-state index contributed by atoms with van der Waals surface area (Å²) in [6, 6.07) is 5.93. The average molecular weight is 286 g/mol. The lowest BCUT2D eigenvalue weighted by Crippen LogP contribution is -2.34. The zero-order chi connectivity index (χ0) is 13.1. The fourth-order valence-electron chi connectivity index (χ4n) is 3.11. The highest BCUT2D eigenvalue weighted by atomic mass is 35.5. The first kappa shape index (κ1) is 14.2. The third kappa shape index (κ3) is 3.20. The van der Waals surface area contributed by atoms with Gasteiger partial charge in [-0.05, 0) is 48.9 Å². The molecule has 2 N–H and O–H groups in total. The quantitative estimate of drug-likeness (QED) is 0.831. The van der Waals surface area contributed by atoms with Crippen LogP contribution in [-0.2, 0) is 0 Å². The molecular formula is C15H21Cl2N. The second-order valence-electron chi connectivity index (χ2n) is 5.40. The van der Waals surface area contributed by atoms with Crippen molar-refractivity contribution in [2.45, 2.75) is 51.0 Å². The predicted molar refractivity (Wildman–Crippen MR) is 79.4 cm³/mol. The Kier molecular flexibility index (Phi) is 4.94. The zero-order valence-corrected chi connectivity index (χ0v) is 12.3. The van der Waals surface area contributed by atoms with E-state index in [0.717, 1.165) is 34.4 Å². The van der Waals surface area contributed by atoms with E-state index >= 15 is 0 Å². The molecular weight excluding hydrogens is 265 g/mol. The van der Waals surface area contributed by atoms with E-state index in [0.29, 0.717) is 5.92 Å². The first-order valence-corrected chi connectivity index (χ1v) is 7.58. The Morgan fingerprint density at radius 2 is 2.06 bits per heavy atom. The van der Waals surface area contributed by atoms with E-state index in [2.05, 4.69) is 6.92 Å². The Bertz CT molecular complexity index is 405. The summed E-state index contributed by atoms with van der Waals surface area (Å²) in [5.74, 6) is 1.15. The lowest BCUT2D eigenvalue weighted by Gasteiger charge is -2.35. The summed E-state index contributed by atoms with van der Waals surface area (Å²) in [7, 11) is 0. The van der Waals surface area contributed by atoms with Crippen molar-refractivity contribution in [1.82, 2.24) is 0 Å². The van der Waals surface area contributed by atoms with Gasteiger partial charge < -0.3 is 5.73 Å². The minimum atomic E-state index is 0.217. The lowest BCUT2D eigenvalue weighted by atomic mass is 9.74. The van der Waals surface area contributed by atoms with Crippen LogP contribution in [0.2, 0.25) is 10.0 Å². The molecule has 0 amide bonds. The molecule has 1 saturated carbocycles. The molecule has 0 saturated heterocycles. The van der Waals surface area contributed by atoms with Gasteiger partial charge in [0.15, 0.2) is 0 Å². The Morgan fingerprint density at radius 3 is 2.78 bits per heavy atom. The minimum Gasteiger partial charge on any atom is -0.327 e. The van der Waals surface area contributed by atoms with Gasteiger partial charge in [0.2, 0.25) is 0 Å². The molecule has 1 aliphatic carbocycles. The molecule has 1 aromatic carbocycles. The molecule has 0 radical (unpaired) electrons. The van der Waals surface area contributed by atoms with Gasteiger partial charge in [0.05, 0.1) is 0 Å². The summed E-state index contributed by atoms with van der Waals surface area (Å²) >= 11 is 12.4. The van der Waals surface area contributed by atoms with Crippen molar-refractivity contribution < 1.29 is 0 Å². The van der Waals surface area contributed by atoms with Crippen LogP contribution in [0.5, 0.6) is 0 Å². The number of hydrogen-bond acceptors (Lipinski definition) is 1. The summed E-state index contributed by atoms with van der Waals surface area (Å²) in [4.78, 5) is 0. The summed E-state index contributed by atoms with van der Waals surface area (Å²) in [5.41, 5.74) is 7.42. The maximum absolute atomic E-state index is 6.31. The van der Waals surface area contributed by atoms with Crippen molar-refractivity contribution in [2.75, 3.05) is 0 Å². The SMILES string of the molecule is CCCC1CCC(N)C(c2cc(Cl)ccc2Cl)C1. The Labute approximate surface area is 120 Å². The topological polar surface area (TPSA) is 26.0 Å². The van der Waals surface area contributed by atoms with Crippen LogP contribution >= 0.6 is 23.2 Å². The standard InChI is InChI=1S/C15H21Cl2N/c1-2-3-10-4-7-15(18)13(8-10)12-9-11(16)5-6-14(12)17/h5-6,9-10,13,15H,2-4,7-8,18H2,1H3. The van der Waals surface area contributed by atoms with E-state index in [1.54, 1.807) is 0 Å². The number of halogens is 2. The maximum Gasteiger partial charge on any atom is 0.0442 e. The van der Waals surface area contributed by atoms with Gasteiger partial charge in [0, 0.05) is 22.0 Å². The number of nitrogens with two attached hydrogens (primary N) is 1. The molecule has 1 aromatic rings. The predicted octanol–water partition coefficient (Wildman–Crippen LogP) is 5.00. The van der Waals surface area contributed by atoms with Crippen molar-refractivity contribution in [1.29, 1.82) is 0 Å². The van der Waals surface area contributed by atoms with Gasteiger partial charge in [-0.2, -0.15) is 0 Å². The van der Waals surface area contributed by atoms with Gasteiger partial charge in [-0.1, -0.05) is 43.0 Å². The molecule has 18 heavy (non-hydrogen) atoms. The number of benzene rings is 1. The van der Waals surface area contributed by atoms with Gasteiger partial charge in [0.1, 0.15) is 0 Å². The maximum atomic E-state index is 6.31. The molecule has 100 valence electrons. The Balaban J connectivity index is 2.21. The molecule has 0 aliphatic heterocycles. The van der Waals surface area contributed by atoms with Crippen molar-refractivity contribution in [2.24, 2.45) is 11.7 Å². The monoisotopic (exact) mass is 285 g/mol. The smallest absolute Gasteiger partial charge is 0.0442 e. The molecule has 2 rings (SSSR count). The van der Waals surface area contributed by atoms with Crippen molar-refractivity contribution >= 4 is 23.2 Å². The van der Waals surface area contributed by atoms with Crippen LogP contribution in [0.15, 0.2) is 18.2 Å². The molecule has 1 aliphatic rings. The van der Waals surface area contributed by atoms with Crippen LogP contribution in [0, 0.1) is 5.92 Å². The lowest BCUT2D eigenvalue weighted by molar-refractivity contribution is 0.274. The van der Waals surface area contributed by atoms with Gasteiger partial charge in [0.25, 0.3) is 0 Å². The van der Waals surface area contributed by atoms with E-state index in [-0.39, 0.29) is 6.04 Å². The van der Waals surface area contributed by atoms with Crippen LogP contribution in [0.3, 0.4) is 0 Å². The average Bonchev–Trinajstić information content (AvgIpc) is 2.35. The second-order valence-corrected chi connectivity index (χ2v) is 6.25. The van der Waals surface area contributed by atoms with E-state index in [4.69, 9.17) is 28.9 Å². The van der Waals surface area contributed by atoms with E-state index < -0.39 is 0 Å². The first-order valence-electron chi connectivity index (χ1n) is 6.82. The van der Waals surface area contributed by atoms with E-state index in [9.17, 15) is 0 Å². The fraction of sp³-hybridized carbons (Fsp3) is 0.600. The highest BCUT2D eigenvalue weighted by Crippen LogP contribution is 2.40. The highest BCUT2D eigenvalue weighted by molar-refractivity contribution is 6.33. The molecule has 3 heteroatoms. The first-order chi connectivity index (χ1) is 8.61. The summed E-state index contributed by atoms with van der Waals surface area (Å²) in [6.45, 7) is 2.25. The zero-order valence-electron chi connectivity index (χ0n) is 10.8. The summed E-state index contributed by atoms with van der Waals surface area (Å²) in [5, 5.41) is 1.55. The molecule has 1 fully saturated rings. The molecule has 1 nitrogen and oxygen atoms in total. The summed E-state index contributed by atoms with van der Waals surface area (Å²) < 4.78 is 0. The Hall–Kier alpha value is -0.240. The van der Waals surface area contributed by atoms with Crippen molar-refractivity contribution in [3.8, 4) is 0 Å². The third-order valence-corrected chi connectivity index (χ3v) is 4.65. The molecule has 0 aromatic heterocycles. The Morgan fingerprint density at radius 1 is 1.28 bits per heavy atom. The van der Waals surface area contributed by atoms with Crippen LogP contribution in [-0.4, -0.2) is 6.04 Å². The molecule has 3 atom stereocenters. The number of hydrogen-bond donors (Lipinski definition) is 1. The van der Waals surface area contributed by atoms with E-state index in [1.165, 1.54) is 19.3 Å². The van der Waals surface area contributed by atoms with Crippen LogP contribution < -0.4 is 5.73 Å². The van der Waals surface area contributed by atoms with Crippen LogP contribution in [0.4, 0.5) is 0 Å². The molecule has 0 spiro atoms. The fourth-order valence-corrected chi connectivity index (χ4v) is 3.55. The van der Waals surface area contributed by atoms with Crippen molar-refractivity contribution in [3.05, 3.63) is 33.8 Å². The second kappa shape index (κ2) is 6.27. The van der Waals surface area contributed by atoms with Gasteiger partial charge in [-0.25, -0.2) is 0 Å². The summed E-state index contributed by atoms with van der Waals surface area (Å²) in [6.07, 6.45) is 6.04. The van der Waals surface area contributed by atoms with Crippen LogP contribution in [0.25, 0.3) is 0 Å². The normalized spacial score (nSPS) is 28.3. The van der Waals surface area contributed by atoms with Gasteiger partial charge in [-0.3, -0.25) is 0 Å². The molecule has 0 heterocycles. The highest BCUT2D eigenvalue weighted by Gasteiger charge is 2.30. The van der Waals surface area contributed by atoms with Crippen molar-refractivity contribution in [3.63, 3.8) is 0 Å².